The molecule has 0 bridgehead atoms. The molecule has 92 valence electrons. The number of benzene rings is 1. The van der Waals surface area contributed by atoms with Crippen LogP contribution in [-0.4, -0.2) is 36.2 Å². The molecule has 5 heteroatoms. The molecule has 1 aromatic rings. The lowest BCUT2D eigenvalue weighted by molar-refractivity contribution is 0.0562. The third kappa shape index (κ3) is 3.01. The summed E-state index contributed by atoms with van der Waals surface area (Å²) in [6.45, 7) is 1.39. The molecule has 3 N–H and O–H groups in total. The van der Waals surface area contributed by atoms with Gasteiger partial charge in [-0.15, -0.1) is 0 Å². The first kappa shape index (κ1) is 12.0. The zero-order chi connectivity index (χ0) is 12.3. The van der Waals surface area contributed by atoms with Gasteiger partial charge in [0.25, 0.3) is 5.91 Å². The highest BCUT2D eigenvalue weighted by molar-refractivity contribution is 5.94. The van der Waals surface area contributed by atoms with Crippen molar-refractivity contribution in [3.05, 3.63) is 35.6 Å². The topological polar surface area (TPSA) is 61.4 Å². The summed E-state index contributed by atoms with van der Waals surface area (Å²) in [4.78, 5) is 11.7. The molecule has 1 saturated heterocycles. The molecule has 1 aromatic carbocycles. The maximum atomic E-state index is 12.9. The van der Waals surface area contributed by atoms with Crippen LogP contribution in [0.2, 0.25) is 0 Å². The maximum absolute atomic E-state index is 12.9. The van der Waals surface area contributed by atoms with Crippen molar-refractivity contribution < 1.29 is 14.3 Å². The van der Waals surface area contributed by atoms with Crippen molar-refractivity contribution in [1.82, 2.24) is 10.6 Å². The summed E-state index contributed by atoms with van der Waals surface area (Å²) in [5.74, 6) is -0.816. The number of aliphatic hydroxyl groups is 1. The molecular formula is C12H15FN2O2. The first-order valence-corrected chi connectivity index (χ1v) is 5.56. The van der Waals surface area contributed by atoms with Crippen LogP contribution in [0, 0.1) is 5.82 Å². The standard InChI is InChI=1S/C12H15FN2O2/c13-10-3-1-2-9(6-10)11(16)15-8-12(17)4-5-14-7-12/h1-3,6,14,17H,4-5,7-8H2,(H,15,16). The van der Waals surface area contributed by atoms with Crippen LogP contribution in [0.5, 0.6) is 0 Å². The monoisotopic (exact) mass is 238 g/mol. The second-order valence-corrected chi connectivity index (χ2v) is 4.34. The van der Waals surface area contributed by atoms with Crippen LogP contribution in [0.25, 0.3) is 0 Å². The first-order valence-electron chi connectivity index (χ1n) is 5.56. The second-order valence-electron chi connectivity index (χ2n) is 4.34. The first-order chi connectivity index (χ1) is 8.09. The third-order valence-corrected chi connectivity index (χ3v) is 2.89. The molecule has 0 radical (unpaired) electrons. The SMILES string of the molecule is O=C(NCC1(O)CCNC1)c1cccc(F)c1. The molecule has 2 rings (SSSR count). The van der Waals surface area contributed by atoms with Crippen molar-refractivity contribution in [3.8, 4) is 0 Å². The van der Waals surface area contributed by atoms with E-state index in [9.17, 15) is 14.3 Å². The molecule has 0 aromatic heterocycles. The predicted molar refractivity (Wildman–Crippen MR) is 61.2 cm³/mol. The number of amides is 1. The van der Waals surface area contributed by atoms with Gasteiger partial charge in [0.15, 0.2) is 0 Å². The van der Waals surface area contributed by atoms with Gasteiger partial charge in [-0.2, -0.15) is 0 Å². The molecule has 1 aliphatic rings. The quantitative estimate of drug-likeness (QED) is 0.709. The molecule has 1 amide bonds. The summed E-state index contributed by atoms with van der Waals surface area (Å²) >= 11 is 0. The summed E-state index contributed by atoms with van der Waals surface area (Å²) in [5.41, 5.74) is -0.622. The van der Waals surface area contributed by atoms with Crippen LogP contribution >= 0.6 is 0 Å². The number of nitrogens with one attached hydrogen (secondary N) is 2. The van der Waals surface area contributed by atoms with Gasteiger partial charge in [-0.3, -0.25) is 4.79 Å². The molecule has 0 aliphatic carbocycles. The van der Waals surface area contributed by atoms with E-state index < -0.39 is 11.4 Å². The Labute approximate surface area is 98.8 Å². The number of hydrogen-bond donors (Lipinski definition) is 3. The van der Waals surface area contributed by atoms with E-state index in [0.29, 0.717) is 13.0 Å². The summed E-state index contributed by atoms with van der Waals surface area (Å²) in [6, 6.07) is 5.48. The van der Waals surface area contributed by atoms with E-state index in [2.05, 4.69) is 10.6 Å². The Hall–Kier alpha value is -1.46. The van der Waals surface area contributed by atoms with E-state index >= 15 is 0 Å². The molecule has 1 aliphatic heterocycles. The maximum Gasteiger partial charge on any atom is 0.251 e. The average Bonchev–Trinajstić information content (AvgIpc) is 2.74. The van der Waals surface area contributed by atoms with Gasteiger partial charge in [0.1, 0.15) is 5.82 Å². The Bertz CT molecular complexity index is 417. The van der Waals surface area contributed by atoms with Crippen molar-refractivity contribution in [3.63, 3.8) is 0 Å². The van der Waals surface area contributed by atoms with Gasteiger partial charge in [0, 0.05) is 18.7 Å². The molecule has 0 spiro atoms. The van der Waals surface area contributed by atoms with Gasteiger partial charge < -0.3 is 15.7 Å². The van der Waals surface area contributed by atoms with E-state index in [1.807, 2.05) is 0 Å². The lowest BCUT2D eigenvalue weighted by Crippen LogP contribution is -2.44. The van der Waals surface area contributed by atoms with Crippen LogP contribution in [-0.2, 0) is 0 Å². The van der Waals surface area contributed by atoms with E-state index in [1.54, 1.807) is 0 Å². The van der Waals surface area contributed by atoms with E-state index in [-0.39, 0.29) is 18.0 Å². The van der Waals surface area contributed by atoms with E-state index in [4.69, 9.17) is 0 Å². The van der Waals surface area contributed by atoms with Crippen molar-refractivity contribution >= 4 is 5.91 Å². The third-order valence-electron chi connectivity index (χ3n) is 2.89. The Morgan fingerprint density at radius 3 is 3.06 bits per heavy atom. The minimum Gasteiger partial charge on any atom is -0.387 e. The van der Waals surface area contributed by atoms with Crippen LogP contribution in [0.15, 0.2) is 24.3 Å². The van der Waals surface area contributed by atoms with Crippen LogP contribution in [0.3, 0.4) is 0 Å². The summed E-state index contributed by atoms with van der Waals surface area (Å²) in [7, 11) is 0. The molecule has 0 saturated carbocycles. The number of halogens is 1. The highest BCUT2D eigenvalue weighted by atomic mass is 19.1. The van der Waals surface area contributed by atoms with E-state index in [0.717, 1.165) is 6.54 Å². The molecule has 1 unspecified atom stereocenters. The lowest BCUT2D eigenvalue weighted by Gasteiger charge is -2.21. The average molecular weight is 238 g/mol. The fourth-order valence-electron chi connectivity index (χ4n) is 1.86. The highest BCUT2D eigenvalue weighted by Gasteiger charge is 2.31. The van der Waals surface area contributed by atoms with Crippen LogP contribution in [0.4, 0.5) is 4.39 Å². The summed E-state index contributed by atoms with van der Waals surface area (Å²) < 4.78 is 12.9. The normalized spacial score (nSPS) is 23.6. The van der Waals surface area contributed by atoms with Gasteiger partial charge >= 0.3 is 0 Å². The van der Waals surface area contributed by atoms with Crippen molar-refractivity contribution in [2.24, 2.45) is 0 Å². The Balaban J connectivity index is 1.93. The van der Waals surface area contributed by atoms with Crippen molar-refractivity contribution in [1.29, 1.82) is 0 Å². The lowest BCUT2D eigenvalue weighted by atomic mass is 10.0. The Morgan fingerprint density at radius 1 is 1.59 bits per heavy atom. The molecule has 1 atom stereocenters. The Kier molecular flexibility index (Phi) is 3.40. The van der Waals surface area contributed by atoms with Gasteiger partial charge in [-0.05, 0) is 31.2 Å². The fraction of sp³-hybridized carbons (Fsp3) is 0.417. The number of carbonyl (C=O) groups is 1. The van der Waals surface area contributed by atoms with E-state index in [1.165, 1.54) is 24.3 Å². The number of hydrogen-bond acceptors (Lipinski definition) is 3. The zero-order valence-electron chi connectivity index (χ0n) is 9.37. The van der Waals surface area contributed by atoms with Crippen molar-refractivity contribution in [2.75, 3.05) is 19.6 Å². The molecule has 1 heterocycles. The second kappa shape index (κ2) is 4.81. The van der Waals surface area contributed by atoms with Crippen LogP contribution < -0.4 is 10.6 Å². The minimum atomic E-state index is -0.886. The van der Waals surface area contributed by atoms with Gasteiger partial charge in [0.05, 0.1) is 5.60 Å². The fourth-order valence-corrected chi connectivity index (χ4v) is 1.86. The number of β-amino-alcohol motifs (C(OH)–C–C–N with tert-alkyl or cyclic N) is 1. The molecule has 1 fully saturated rings. The van der Waals surface area contributed by atoms with Crippen molar-refractivity contribution in [2.45, 2.75) is 12.0 Å². The summed E-state index contributed by atoms with van der Waals surface area (Å²) in [5, 5.41) is 15.6. The predicted octanol–water partition coefficient (Wildman–Crippen LogP) is 0.280. The van der Waals surface area contributed by atoms with Gasteiger partial charge in [0.2, 0.25) is 0 Å². The minimum absolute atomic E-state index is 0.176. The van der Waals surface area contributed by atoms with Crippen LogP contribution in [0.1, 0.15) is 16.8 Å². The van der Waals surface area contributed by atoms with Gasteiger partial charge in [-0.25, -0.2) is 4.39 Å². The molecule has 17 heavy (non-hydrogen) atoms. The number of carbonyl (C=O) groups excluding carboxylic acids is 1. The smallest absolute Gasteiger partial charge is 0.251 e. The zero-order valence-corrected chi connectivity index (χ0v) is 9.37. The highest BCUT2D eigenvalue weighted by Crippen LogP contribution is 2.13. The summed E-state index contributed by atoms with van der Waals surface area (Å²) in [6.07, 6.45) is 0.608. The Morgan fingerprint density at radius 2 is 2.41 bits per heavy atom. The largest absolute Gasteiger partial charge is 0.387 e. The molecular weight excluding hydrogens is 223 g/mol. The van der Waals surface area contributed by atoms with Gasteiger partial charge in [-0.1, -0.05) is 6.07 Å². The molecule has 4 nitrogen and oxygen atoms in total. The number of rotatable bonds is 3.